The fourth-order valence-corrected chi connectivity index (χ4v) is 1.70. The van der Waals surface area contributed by atoms with Crippen LogP contribution in [-0.2, 0) is 4.79 Å². The van der Waals surface area contributed by atoms with Crippen molar-refractivity contribution in [3.8, 4) is 0 Å². The molecular weight excluding hydrogens is 292 g/mol. The van der Waals surface area contributed by atoms with Crippen LogP contribution in [0.15, 0.2) is 64.8 Å². The Hall–Kier alpha value is -2.53. The van der Waals surface area contributed by atoms with Gasteiger partial charge in [0.05, 0.1) is 17.2 Å². The molecule has 0 aromatic heterocycles. The van der Waals surface area contributed by atoms with Gasteiger partial charge < -0.3 is 9.90 Å². The second kappa shape index (κ2) is 6.76. The molecule has 0 fully saturated rings. The molecule has 106 valence electrons. The van der Waals surface area contributed by atoms with Crippen LogP contribution in [0.25, 0.3) is 0 Å². The number of nitrogens with zero attached hydrogens (tertiary/aromatic N) is 2. The van der Waals surface area contributed by atoms with Gasteiger partial charge in [-0.05, 0) is 12.1 Å². The number of rotatable bonds is 5. The predicted molar refractivity (Wildman–Crippen MR) is 75.5 cm³/mol. The molecule has 21 heavy (non-hydrogen) atoms. The van der Waals surface area contributed by atoms with Crippen LogP contribution in [0.5, 0.6) is 0 Å². The third-order valence-electron chi connectivity index (χ3n) is 2.65. The van der Waals surface area contributed by atoms with Gasteiger partial charge in [0.2, 0.25) is 0 Å². The molecule has 2 aromatic rings. The first-order valence-electron chi connectivity index (χ1n) is 6.04. The van der Waals surface area contributed by atoms with Gasteiger partial charge in [-0.25, -0.2) is 0 Å². The number of aliphatic carboxylic acids is 1. The molecule has 1 atom stereocenters. The molecule has 2 rings (SSSR count). The molecule has 1 unspecified atom stereocenters. The van der Waals surface area contributed by atoms with Crippen molar-refractivity contribution in [3.63, 3.8) is 0 Å². The van der Waals surface area contributed by atoms with E-state index < -0.39 is 11.5 Å². The van der Waals surface area contributed by atoms with Crippen LogP contribution in [0.2, 0.25) is 0 Å². The maximum absolute atomic E-state index is 12.4. The molecular formula is C15H10ClN2O3-. The van der Waals surface area contributed by atoms with Crippen molar-refractivity contribution in [1.29, 1.82) is 0 Å². The quantitative estimate of drug-likeness (QED) is 0.368. The average molecular weight is 302 g/mol. The number of benzene rings is 2. The number of carbonyl (C=O) groups is 2. The second-order valence-corrected chi connectivity index (χ2v) is 4.50. The summed E-state index contributed by atoms with van der Waals surface area (Å²) in [5.41, 5.74) is -0.528. The van der Waals surface area contributed by atoms with Gasteiger partial charge >= 0.3 is 0 Å². The van der Waals surface area contributed by atoms with E-state index in [0.717, 1.165) is 0 Å². The number of ketones is 1. The van der Waals surface area contributed by atoms with E-state index in [0.29, 0.717) is 11.1 Å². The minimum absolute atomic E-state index is 0.232. The lowest BCUT2D eigenvalue weighted by Crippen LogP contribution is -2.30. The molecule has 0 spiro atoms. The summed E-state index contributed by atoms with van der Waals surface area (Å²) >= 11 is 5.41. The Kier molecular flexibility index (Phi) is 4.79. The van der Waals surface area contributed by atoms with Gasteiger partial charge in [0.15, 0.2) is 11.3 Å². The van der Waals surface area contributed by atoms with Crippen molar-refractivity contribution >= 4 is 29.0 Å². The summed E-state index contributed by atoms with van der Waals surface area (Å²) in [5, 5.41) is 17.6. The highest BCUT2D eigenvalue weighted by molar-refractivity contribution is 6.29. The zero-order valence-electron chi connectivity index (χ0n) is 10.8. The standard InChI is InChI=1S/C15H11ClN2O3/c16-14(15(20)21)18-17-12-9-5-4-8-11(12)13(19)10-6-2-1-3-7-10/h1-9,14H,(H,20,21)/p-1. The maximum atomic E-state index is 12.4. The molecule has 0 saturated carbocycles. The third-order valence-corrected chi connectivity index (χ3v) is 2.91. The normalized spacial score (nSPS) is 12.2. The van der Waals surface area contributed by atoms with Gasteiger partial charge in [0.25, 0.3) is 0 Å². The van der Waals surface area contributed by atoms with E-state index in [1.807, 2.05) is 0 Å². The number of azo groups is 1. The van der Waals surface area contributed by atoms with Crippen LogP contribution in [0.1, 0.15) is 15.9 Å². The van der Waals surface area contributed by atoms with Crippen LogP contribution in [0, 0.1) is 0 Å². The van der Waals surface area contributed by atoms with Crippen LogP contribution in [0.4, 0.5) is 5.69 Å². The summed E-state index contributed by atoms with van der Waals surface area (Å²) in [6.07, 6.45) is 0. The van der Waals surface area contributed by atoms with Gasteiger partial charge in [-0.2, -0.15) is 10.2 Å². The molecule has 0 aliphatic heterocycles. The SMILES string of the molecule is O=C(c1ccccc1)c1ccccc1N=NC(Cl)C(=O)[O-]. The third kappa shape index (κ3) is 3.73. The highest BCUT2D eigenvalue weighted by Crippen LogP contribution is 2.23. The fourth-order valence-electron chi connectivity index (χ4n) is 1.66. The zero-order chi connectivity index (χ0) is 15.2. The first-order chi connectivity index (χ1) is 10.1. The minimum atomic E-state index is -1.59. The Morgan fingerprint density at radius 3 is 2.29 bits per heavy atom. The van der Waals surface area contributed by atoms with E-state index in [4.69, 9.17) is 11.6 Å². The van der Waals surface area contributed by atoms with E-state index in [1.54, 1.807) is 54.6 Å². The van der Waals surface area contributed by atoms with E-state index in [1.165, 1.54) is 0 Å². The Morgan fingerprint density at radius 2 is 1.62 bits per heavy atom. The number of carbonyl (C=O) groups excluding carboxylic acids is 2. The van der Waals surface area contributed by atoms with E-state index in [-0.39, 0.29) is 11.5 Å². The van der Waals surface area contributed by atoms with E-state index in [2.05, 4.69) is 10.2 Å². The predicted octanol–water partition coefficient (Wildman–Crippen LogP) is 2.32. The number of hydrogen-bond donors (Lipinski definition) is 0. The second-order valence-electron chi connectivity index (χ2n) is 4.08. The minimum Gasteiger partial charge on any atom is -0.546 e. The number of carboxylic acids is 1. The molecule has 0 radical (unpaired) electrons. The Labute approximate surface area is 125 Å². The largest absolute Gasteiger partial charge is 0.546 e. The van der Waals surface area contributed by atoms with Gasteiger partial charge in [-0.3, -0.25) is 4.79 Å². The number of alkyl halides is 1. The Bertz CT molecular complexity index is 686. The Balaban J connectivity index is 2.33. The van der Waals surface area contributed by atoms with Crippen LogP contribution < -0.4 is 5.11 Å². The molecule has 6 heteroatoms. The zero-order valence-corrected chi connectivity index (χ0v) is 11.5. The topological polar surface area (TPSA) is 81.9 Å². The number of carboxylic acid groups (broad SMARTS) is 1. The lowest BCUT2D eigenvalue weighted by atomic mass is 10.0. The van der Waals surface area contributed by atoms with Crippen molar-refractivity contribution in [2.75, 3.05) is 0 Å². The summed E-state index contributed by atoms with van der Waals surface area (Å²) in [6.45, 7) is 0. The van der Waals surface area contributed by atoms with Gasteiger partial charge in [0, 0.05) is 5.56 Å². The molecule has 0 heterocycles. The Morgan fingerprint density at radius 1 is 1.00 bits per heavy atom. The maximum Gasteiger partial charge on any atom is 0.195 e. The molecule has 0 N–H and O–H groups in total. The summed E-state index contributed by atoms with van der Waals surface area (Å²) in [4.78, 5) is 22.9. The molecule has 0 bridgehead atoms. The van der Waals surface area contributed by atoms with Crippen LogP contribution in [0.3, 0.4) is 0 Å². The van der Waals surface area contributed by atoms with Crippen molar-refractivity contribution in [2.24, 2.45) is 10.2 Å². The van der Waals surface area contributed by atoms with Gasteiger partial charge in [-0.1, -0.05) is 54.1 Å². The lowest BCUT2D eigenvalue weighted by molar-refractivity contribution is -0.305. The lowest BCUT2D eigenvalue weighted by Gasteiger charge is -2.06. The van der Waals surface area contributed by atoms with Crippen molar-refractivity contribution in [3.05, 3.63) is 65.7 Å². The molecule has 0 aliphatic rings. The monoisotopic (exact) mass is 301 g/mol. The molecule has 2 aromatic carbocycles. The summed E-state index contributed by atoms with van der Waals surface area (Å²) in [7, 11) is 0. The molecule has 0 aliphatic carbocycles. The van der Waals surface area contributed by atoms with Gasteiger partial charge in [-0.15, -0.1) is 0 Å². The fraction of sp³-hybridized carbons (Fsp3) is 0.0667. The summed E-state index contributed by atoms with van der Waals surface area (Å²) < 4.78 is 0. The number of halogens is 1. The average Bonchev–Trinajstić information content (AvgIpc) is 2.53. The smallest absolute Gasteiger partial charge is 0.195 e. The van der Waals surface area contributed by atoms with E-state index >= 15 is 0 Å². The first-order valence-corrected chi connectivity index (χ1v) is 6.48. The van der Waals surface area contributed by atoms with Crippen molar-refractivity contribution in [2.45, 2.75) is 5.50 Å². The molecule has 0 amide bonds. The van der Waals surface area contributed by atoms with E-state index in [9.17, 15) is 14.7 Å². The van der Waals surface area contributed by atoms with Crippen molar-refractivity contribution in [1.82, 2.24) is 0 Å². The highest BCUT2D eigenvalue weighted by Gasteiger charge is 2.13. The van der Waals surface area contributed by atoms with Crippen LogP contribution in [-0.4, -0.2) is 17.3 Å². The van der Waals surface area contributed by atoms with Crippen molar-refractivity contribution < 1.29 is 14.7 Å². The molecule has 5 nitrogen and oxygen atoms in total. The van der Waals surface area contributed by atoms with Crippen LogP contribution >= 0.6 is 11.6 Å². The van der Waals surface area contributed by atoms with Gasteiger partial charge in [0.1, 0.15) is 0 Å². The summed E-state index contributed by atoms with van der Waals surface area (Å²) in [6, 6.07) is 15.2. The number of hydrogen-bond acceptors (Lipinski definition) is 5. The molecule has 0 saturated heterocycles. The first kappa shape index (κ1) is 14.9. The summed E-state index contributed by atoms with van der Waals surface area (Å²) in [5.74, 6) is -1.78. The highest BCUT2D eigenvalue weighted by atomic mass is 35.5.